The number of hydrogen-bond donors (Lipinski definition) is 1. The lowest BCUT2D eigenvalue weighted by Gasteiger charge is -2.18. The fraction of sp³-hybridized carbons (Fsp3) is 0.214. The van der Waals surface area contributed by atoms with Gasteiger partial charge >= 0.3 is 5.97 Å². The maximum absolute atomic E-state index is 12.2. The second-order valence-electron chi connectivity index (χ2n) is 3.98. The molecule has 1 atom stereocenters. The molecule has 1 aromatic heterocycles. The smallest absolute Gasteiger partial charge is 0.334 e. The summed E-state index contributed by atoms with van der Waals surface area (Å²) in [4.78, 5) is 13.1. The molecule has 1 heterocycles. The molecule has 0 amide bonds. The highest BCUT2D eigenvalue weighted by atomic mass is 79.9. The Hall–Kier alpha value is -0.850. The number of anilines is 1. The molecular formula is C14H13Br2NO2S. The van der Waals surface area contributed by atoms with Gasteiger partial charge in [-0.05, 0) is 57.0 Å². The normalized spacial score (nSPS) is 11.9. The van der Waals surface area contributed by atoms with Gasteiger partial charge in [-0.3, -0.25) is 0 Å². The van der Waals surface area contributed by atoms with E-state index in [0.29, 0.717) is 6.61 Å². The molecule has 1 unspecified atom stereocenters. The molecule has 2 aromatic rings. The first-order valence-corrected chi connectivity index (χ1v) is 8.50. The third-order valence-corrected chi connectivity index (χ3v) is 5.02. The molecule has 0 aliphatic heterocycles. The number of para-hydroxylation sites is 1. The average molecular weight is 419 g/mol. The van der Waals surface area contributed by atoms with E-state index >= 15 is 0 Å². The molecule has 106 valence electrons. The SMILES string of the molecule is CCOC(=O)C(Nc1ccccc1Br)c1cc(Br)cs1. The Morgan fingerprint density at radius 1 is 1.40 bits per heavy atom. The number of thiophene rings is 1. The molecule has 0 saturated heterocycles. The fourth-order valence-electron chi connectivity index (χ4n) is 1.69. The summed E-state index contributed by atoms with van der Waals surface area (Å²) in [5.74, 6) is -0.280. The molecule has 2 rings (SSSR count). The largest absolute Gasteiger partial charge is 0.464 e. The third kappa shape index (κ3) is 3.84. The Kier molecular flexibility index (Phi) is 5.63. The average Bonchev–Trinajstić information content (AvgIpc) is 2.84. The van der Waals surface area contributed by atoms with Gasteiger partial charge < -0.3 is 10.1 Å². The van der Waals surface area contributed by atoms with Crippen LogP contribution in [0, 0.1) is 0 Å². The van der Waals surface area contributed by atoms with E-state index in [1.165, 1.54) is 11.3 Å². The van der Waals surface area contributed by atoms with Crippen LogP contribution in [0.5, 0.6) is 0 Å². The van der Waals surface area contributed by atoms with Crippen molar-refractivity contribution >= 4 is 54.9 Å². The second-order valence-corrected chi connectivity index (χ2v) is 6.69. The Balaban J connectivity index is 2.27. The Morgan fingerprint density at radius 3 is 2.75 bits per heavy atom. The van der Waals surface area contributed by atoms with Crippen molar-refractivity contribution in [2.24, 2.45) is 0 Å². The zero-order valence-electron chi connectivity index (χ0n) is 10.7. The number of benzene rings is 1. The summed E-state index contributed by atoms with van der Waals surface area (Å²) in [5.41, 5.74) is 0.857. The standard InChI is InChI=1S/C14H13Br2NO2S/c1-2-19-14(18)13(12-7-9(15)8-20-12)17-11-6-4-3-5-10(11)16/h3-8,13,17H,2H2,1H3. The number of hydrogen-bond acceptors (Lipinski definition) is 4. The molecule has 0 radical (unpaired) electrons. The quantitative estimate of drug-likeness (QED) is 0.695. The Morgan fingerprint density at radius 2 is 2.15 bits per heavy atom. The number of halogens is 2. The maximum Gasteiger partial charge on any atom is 0.334 e. The molecular weight excluding hydrogens is 406 g/mol. The monoisotopic (exact) mass is 417 g/mol. The first-order valence-electron chi connectivity index (χ1n) is 6.03. The van der Waals surface area contributed by atoms with Crippen LogP contribution in [0.25, 0.3) is 0 Å². The van der Waals surface area contributed by atoms with Crippen LogP contribution in [0.1, 0.15) is 17.8 Å². The van der Waals surface area contributed by atoms with Crippen LogP contribution in [0.2, 0.25) is 0 Å². The summed E-state index contributed by atoms with van der Waals surface area (Å²) in [6, 6.07) is 9.10. The third-order valence-electron chi connectivity index (χ3n) is 2.57. The van der Waals surface area contributed by atoms with Crippen molar-refractivity contribution in [3.63, 3.8) is 0 Å². The minimum Gasteiger partial charge on any atom is -0.464 e. The van der Waals surface area contributed by atoms with E-state index in [2.05, 4.69) is 37.2 Å². The van der Waals surface area contributed by atoms with Crippen molar-refractivity contribution in [1.82, 2.24) is 0 Å². The van der Waals surface area contributed by atoms with Gasteiger partial charge in [0.25, 0.3) is 0 Å². The van der Waals surface area contributed by atoms with E-state index in [1.54, 1.807) is 6.92 Å². The van der Waals surface area contributed by atoms with Gasteiger partial charge in [0, 0.05) is 24.9 Å². The molecule has 20 heavy (non-hydrogen) atoms. The molecule has 0 aliphatic rings. The highest BCUT2D eigenvalue weighted by molar-refractivity contribution is 9.10. The van der Waals surface area contributed by atoms with Crippen LogP contribution in [0.3, 0.4) is 0 Å². The van der Waals surface area contributed by atoms with E-state index in [4.69, 9.17) is 4.74 Å². The first-order chi connectivity index (χ1) is 9.61. The van der Waals surface area contributed by atoms with Crippen LogP contribution in [-0.2, 0) is 9.53 Å². The van der Waals surface area contributed by atoms with Crippen LogP contribution < -0.4 is 5.32 Å². The van der Waals surface area contributed by atoms with E-state index in [-0.39, 0.29) is 5.97 Å². The van der Waals surface area contributed by atoms with E-state index < -0.39 is 6.04 Å². The lowest BCUT2D eigenvalue weighted by atomic mass is 10.2. The van der Waals surface area contributed by atoms with Gasteiger partial charge in [0.1, 0.15) is 0 Å². The Bertz CT molecular complexity index is 600. The number of ether oxygens (including phenoxy) is 1. The van der Waals surface area contributed by atoms with Gasteiger partial charge in [-0.2, -0.15) is 0 Å². The summed E-state index contributed by atoms with van der Waals surface area (Å²) in [7, 11) is 0. The number of esters is 1. The van der Waals surface area contributed by atoms with Gasteiger partial charge in [-0.1, -0.05) is 12.1 Å². The summed E-state index contributed by atoms with van der Waals surface area (Å²) in [6.07, 6.45) is 0. The highest BCUT2D eigenvalue weighted by Gasteiger charge is 2.24. The summed E-state index contributed by atoms with van der Waals surface area (Å²) < 4.78 is 7.02. The summed E-state index contributed by atoms with van der Waals surface area (Å²) in [5, 5.41) is 5.18. The van der Waals surface area contributed by atoms with Crippen LogP contribution in [0.4, 0.5) is 5.69 Å². The predicted octanol–water partition coefficient (Wildman–Crippen LogP) is 4.99. The lowest BCUT2D eigenvalue weighted by Crippen LogP contribution is -2.22. The molecule has 6 heteroatoms. The van der Waals surface area contributed by atoms with Crippen molar-refractivity contribution in [2.75, 3.05) is 11.9 Å². The van der Waals surface area contributed by atoms with Gasteiger partial charge in [-0.25, -0.2) is 4.79 Å². The predicted molar refractivity (Wildman–Crippen MR) is 89.2 cm³/mol. The number of carbonyl (C=O) groups excluding carboxylic acids is 1. The summed E-state index contributed by atoms with van der Waals surface area (Å²) in [6.45, 7) is 2.16. The minimum absolute atomic E-state index is 0.280. The van der Waals surface area contributed by atoms with Crippen molar-refractivity contribution < 1.29 is 9.53 Å². The van der Waals surface area contributed by atoms with Crippen molar-refractivity contribution in [2.45, 2.75) is 13.0 Å². The van der Waals surface area contributed by atoms with Crippen LogP contribution in [0.15, 0.2) is 44.7 Å². The summed E-state index contributed by atoms with van der Waals surface area (Å²) >= 11 is 8.39. The van der Waals surface area contributed by atoms with Crippen molar-refractivity contribution in [1.29, 1.82) is 0 Å². The number of rotatable bonds is 5. The highest BCUT2D eigenvalue weighted by Crippen LogP contribution is 2.31. The molecule has 0 bridgehead atoms. The number of nitrogens with one attached hydrogen (secondary N) is 1. The molecule has 3 nitrogen and oxygen atoms in total. The van der Waals surface area contributed by atoms with Gasteiger partial charge in [0.15, 0.2) is 6.04 Å². The minimum atomic E-state index is -0.509. The van der Waals surface area contributed by atoms with Crippen molar-refractivity contribution in [3.05, 3.63) is 49.5 Å². The molecule has 0 spiro atoms. The maximum atomic E-state index is 12.2. The van der Waals surface area contributed by atoms with E-state index in [9.17, 15) is 4.79 Å². The fourth-order valence-corrected chi connectivity index (χ4v) is 3.57. The van der Waals surface area contributed by atoms with Crippen LogP contribution in [-0.4, -0.2) is 12.6 Å². The first kappa shape index (κ1) is 15.5. The molecule has 1 aromatic carbocycles. The molecule has 0 aliphatic carbocycles. The molecule has 0 saturated carbocycles. The topological polar surface area (TPSA) is 38.3 Å². The second kappa shape index (κ2) is 7.24. The van der Waals surface area contributed by atoms with Gasteiger partial charge in [0.05, 0.1) is 6.61 Å². The lowest BCUT2D eigenvalue weighted by molar-refractivity contribution is -0.144. The number of carbonyl (C=O) groups is 1. The van der Waals surface area contributed by atoms with Gasteiger partial charge in [0.2, 0.25) is 0 Å². The van der Waals surface area contributed by atoms with Crippen molar-refractivity contribution in [3.8, 4) is 0 Å². The molecule has 1 N–H and O–H groups in total. The van der Waals surface area contributed by atoms with E-state index in [1.807, 2.05) is 35.7 Å². The Labute approximate surface area is 138 Å². The van der Waals surface area contributed by atoms with E-state index in [0.717, 1.165) is 19.5 Å². The molecule has 0 fully saturated rings. The van der Waals surface area contributed by atoms with Gasteiger partial charge in [-0.15, -0.1) is 11.3 Å². The zero-order valence-corrected chi connectivity index (χ0v) is 14.7. The zero-order chi connectivity index (χ0) is 14.5. The van der Waals surface area contributed by atoms with Crippen LogP contribution >= 0.6 is 43.2 Å².